The minimum atomic E-state index is -0.497. The van der Waals surface area contributed by atoms with E-state index in [1.54, 1.807) is 11.7 Å². The van der Waals surface area contributed by atoms with Crippen molar-refractivity contribution in [1.82, 2.24) is 20.2 Å². The van der Waals surface area contributed by atoms with Gasteiger partial charge in [0.2, 0.25) is 5.16 Å². The molecule has 0 radical (unpaired) electrons. The number of aliphatic hydroxyl groups excluding tert-OH is 1. The van der Waals surface area contributed by atoms with Gasteiger partial charge in [-0.2, -0.15) is 0 Å². The van der Waals surface area contributed by atoms with Crippen molar-refractivity contribution in [1.29, 1.82) is 0 Å². The van der Waals surface area contributed by atoms with E-state index in [9.17, 15) is 5.11 Å². The van der Waals surface area contributed by atoms with Crippen LogP contribution in [0.2, 0.25) is 0 Å². The normalized spacial score (nSPS) is 12.6. The lowest BCUT2D eigenvalue weighted by atomic mass is 10.1. The van der Waals surface area contributed by atoms with E-state index in [0.29, 0.717) is 10.9 Å². The predicted molar refractivity (Wildman–Crippen MR) is 60.9 cm³/mol. The van der Waals surface area contributed by atoms with Crippen LogP contribution in [-0.2, 0) is 7.05 Å². The summed E-state index contributed by atoms with van der Waals surface area (Å²) >= 11 is 1.43. The number of aryl methyl sites for hydroxylation is 1. The number of thioether (sulfide) groups is 1. The Balaban J connectivity index is 1.94. The molecule has 1 aromatic heterocycles. The maximum atomic E-state index is 9.91. The lowest BCUT2D eigenvalue weighted by molar-refractivity contribution is 0.204. The fraction of sp³-hybridized carbons (Fsp3) is 0.300. The summed E-state index contributed by atoms with van der Waals surface area (Å²) in [5.74, 6) is 0.540. The summed E-state index contributed by atoms with van der Waals surface area (Å²) in [5.41, 5.74) is 0.908. The summed E-state index contributed by atoms with van der Waals surface area (Å²) < 4.78 is 1.59. The van der Waals surface area contributed by atoms with Crippen LogP contribution < -0.4 is 0 Å². The van der Waals surface area contributed by atoms with Crippen LogP contribution in [0.25, 0.3) is 0 Å². The van der Waals surface area contributed by atoms with E-state index in [1.807, 2.05) is 30.3 Å². The van der Waals surface area contributed by atoms with E-state index in [0.717, 1.165) is 5.56 Å². The molecule has 1 atom stereocenters. The molecule has 5 nitrogen and oxygen atoms in total. The molecule has 6 heteroatoms. The van der Waals surface area contributed by atoms with E-state index < -0.39 is 6.10 Å². The van der Waals surface area contributed by atoms with E-state index in [2.05, 4.69) is 15.5 Å². The lowest BCUT2D eigenvalue weighted by Gasteiger charge is -2.09. The van der Waals surface area contributed by atoms with Crippen LogP contribution in [0.3, 0.4) is 0 Å². The van der Waals surface area contributed by atoms with Crippen LogP contribution in [0.4, 0.5) is 0 Å². The van der Waals surface area contributed by atoms with Crippen molar-refractivity contribution in [2.45, 2.75) is 11.3 Å². The number of tetrazole rings is 1. The third-order valence-corrected chi connectivity index (χ3v) is 3.22. The van der Waals surface area contributed by atoms with Crippen molar-refractivity contribution in [3.05, 3.63) is 35.9 Å². The van der Waals surface area contributed by atoms with Gasteiger partial charge in [-0.1, -0.05) is 42.1 Å². The Kier molecular flexibility index (Phi) is 3.53. The maximum absolute atomic E-state index is 9.91. The number of benzene rings is 1. The number of nitrogens with zero attached hydrogens (tertiary/aromatic N) is 4. The van der Waals surface area contributed by atoms with Crippen LogP contribution in [0.5, 0.6) is 0 Å². The summed E-state index contributed by atoms with van der Waals surface area (Å²) in [6, 6.07) is 9.55. The second-order valence-corrected chi connectivity index (χ2v) is 4.31. The zero-order valence-corrected chi connectivity index (χ0v) is 9.63. The Morgan fingerprint density at radius 2 is 2.12 bits per heavy atom. The Labute approximate surface area is 97.5 Å². The summed E-state index contributed by atoms with van der Waals surface area (Å²) in [6.07, 6.45) is -0.497. The average molecular weight is 236 g/mol. The SMILES string of the molecule is Cn1nnnc1SCC(O)c1ccccc1. The van der Waals surface area contributed by atoms with Gasteiger partial charge in [-0.25, -0.2) is 4.68 Å². The van der Waals surface area contributed by atoms with Crippen LogP contribution in [0.15, 0.2) is 35.5 Å². The Morgan fingerprint density at radius 3 is 2.75 bits per heavy atom. The topological polar surface area (TPSA) is 63.8 Å². The average Bonchev–Trinajstić information content (AvgIpc) is 2.73. The van der Waals surface area contributed by atoms with Crippen molar-refractivity contribution >= 4 is 11.8 Å². The van der Waals surface area contributed by atoms with Crippen molar-refractivity contribution in [2.75, 3.05) is 5.75 Å². The molecule has 2 aromatic rings. The van der Waals surface area contributed by atoms with Gasteiger partial charge in [-0.15, -0.1) is 5.10 Å². The van der Waals surface area contributed by atoms with Gasteiger partial charge in [0.25, 0.3) is 0 Å². The third kappa shape index (κ3) is 2.59. The van der Waals surface area contributed by atoms with Gasteiger partial charge < -0.3 is 5.11 Å². The highest BCUT2D eigenvalue weighted by Crippen LogP contribution is 2.21. The summed E-state index contributed by atoms with van der Waals surface area (Å²) in [4.78, 5) is 0. The lowest BCUT2D eigenvalue weighted by Crippen LogP contribution is -2.02. The molecule has 84 valence electrons. The zero-order valence-electron chi connectivity index (χ0n) is 8.82. The molecule has 0 fully saturated rings. The molecule has 1 unspecified atom stereocenters. The number of aliphatic hydroxyl groups is 1. The molecule has 0 bridgehead atoms. The second kappa shape index (κ2) is 5.09. The van der Waals surface area contributed by atoms with Gasteiger partial charge >= 0.3 is 0 Å². The highest BCUT2D eigenvalue weighted by atomic mass is 32.2. The minimum Gasteiger partial charge on any atom is -0.388 e. The molecule has 0 aliphatic heterocycles. The molecule has 0 aliphatic carbocycles. The van der Waals surface area contributed by atoms with Gasteiger partial charge in [0.15, 0.2) is 0 Å². The fourth-order valence-corrected chi connectivity index (χ4v) is 2.09. The summed E-state index contributed by atoms with van der Waals surface area (Å²) in [7, 11) is 1.78. The minimum absolute atomic E-state index is 0.497. The van der Waals surface area contributed by atoms with Crippen LogP contribution in [-0.4, -0.2) is 31.1 Å². The van der Waals surface area contributed by atoms with Gasteiger partial charge in [-0.3, -0.25) is 0 Å². The molecular weight excluding hydrogens is 224 g/mol. The Hall–Kier alpha value is -1.40. The van der Waals surface area contributed by atoms with Crippen LogP contribution >= 0.6 is 11.8 Å². The first kappa shape index (κ1) is 11.1. The predicted octanol–water partition coefficient (Wildman–Crippen LogP) is 1.04. The van der Waals surface area contributed by atoms with Gasteiger partial charge in [0.1, 0.15) is 0 Å². The van der Waals surface area contributed by atoms with E-state index in [4.69, 9.17) is 0 Å². The molecule has 0 spiro atoms. The number of rotatable bonds is 4. The Bertz CT molecular complexity index is 445. The molecule has 2 rings (SSSR count). The van der Waals surface area contributed by atoms with Crippen molar-refractivity contribution in [2.24, 2.45) is 7.05 Å². The number of hydrogen-bond acceptors (Lipinski definition) is 5. The summed E-state index contributed by atoms with van der Waals surface area (Å²) in [6.45, 7) is 0. The molecule has 1 aromatic carbocycles. The van der Waals surface area contributed by atoms with Gasteiger partial charge in [0, 0.05) is 12.8 Å². The Morgan fingerprint density at radius 1 is 1.38 bits per heavy atom. The highest BCUT2D eigenvalue weighted by molar-refractivity contribution is 7.99. The van der Waals surface area contributed by atoms with Crippen LogP contribution in [0.1, 0.15) is 11.7 Å². The highest BCUT2D eigenvalue weighted by Gasteiger charge is 2.10. The fourth-order valence-electron chi connectivity index (χ4n) is 1.27. The number of hydrogen-bond donors (Lipinski definition) is 1. The molecule has 0 saturated carbocycles. The first-order valence-corrected chi connectivity index (χ1v) is 5.84. The molecule has 0 aliphatic rings. The van der Waals surface area contributed by atoms with E-state index >= 15 is 0 Å². The quantitative estimate of drug-likeness (QED) is 0.803. The first-order valence-electron chi connectivity index (χ1n) is 4.85. The largest absolute Gasteiger partial charge is 0.388 e. The second-order valence-electron chi connectivity index (χ2n) is 3.32. The van der Waals surface area contributed by atoms with Gasteiger partial charge in [0.05, 0.1) is 6.10 Å². The molecule has 1 N–H and O–H groups in total. The first-order chi connectivity index (χ1) is 7.77. The molecular formula is C10H12N4OS. The monoisotopic (exact) mass is 236 g/mol. The van der Waals surface area contributed by atoms with Crippen molar-refractivity contribution < 1.29 is 5.11 Å². The summed E-state index contributed by atoms with van der Waals surface area (Å²) in [5, 5.41) is 21.7. The molecule has 1 heterocycles. The van der Waals surface area contributed by atoms with Crippen molar-refractivity contribution in [3.63, 3.8) is 0 Å². The van der Waals surface area contributed by atoms with Crippen LogP contribution in [0, 0.1) is 0 Å². The van der Waals surface area contributed by atoms with Crippen molar-refractivity contribution in [3.8, 4) is 0 Å². The molecule has 16 heavy (non-hydrogen) atoms. The number of aromatic nitrogens is 4. The molecule has 0 saturated heterocycles. The van der Waals surface area contributed by atoms with Gasteiger partial charge in [-0.05, 0) is 16.0 Å². The maximum Gasteiger partial charge on any atom is 0.209 e. The third-order valence-electron chi connectivity index (χ3n) is 2.14. The smallest absolute Gasteiger partial charge is 0.209 e. The standard InChI is InChI=1S/C10H12N4OS/c1-14-10(11-12-13-14)16-7-9(15)8-5-3-2-4-6-8/h2-6,9,15H,7H2,1H3. The molecule has 0 amide bonds. The zero-order chi connectivity index (χ0) is 11.4. The van der Waals surface area contributed by atoms with E-state index in [-0.39, 0.29) is 0 Å². The van der Waals surface area contributed by atoms with E-state index in [1.165, 1.54) is 11.8 Å².